The Kier molecular flexibility index (Phi) is 2.17. The first-order valence-electron chi connectivity index (χ1n) is 4.46. The second-order valence-corrected chi connectivity index (χ2v) is 3.13. The van der Waals surface area contributed by atoms with Gasteiger partial charge in [0.25, 0.3) is 0 Å². The molecule has 3 nitrogen and oxygen atoms in total. The first-order chi connectivity index (χ1) is 6.40. The topological polar surface area (TPSA) is 41.1 Å². The number of fused-ring (bicyclic) bond motifs is 1. The van der Waals surface area contributed by atoms with Crippen molar-refractivity contribution in [3.8, 4) is 0 Å². The van der Waals surface area contributed by atoms with Crippen molar-refractivity contribution in [1.82, 2.24) is 0 Å². The second-order valence-electron chi connectivity index (χ2n) is 3.13. The summed E-state index contributed by atoms with van der Waals surface area (Å²) >= 11 is 0. The molecule has 68 valence electrons. The second kappa shape index (κ2) is 3.47. The Morgan fingerprint density at radius 3 is 2.38 bits per heavy atom. The van der Waals surface area contributed by atoms with Crippen LogP contribution in [0.5, 0.6) is 0 Å². The molecular weight excluding hydrogens is 164 g/mol. The molecule has 1 aromatic rings. The van der Waals surface area contributed by atoms with Gasteiger partial charge < -0.3 is 15.4 Å². The van der Waals surface area contributed by atoms with Gasteiger partial charge in [-0.2, -0.15) is 0 Å². The van der Waals surface area contributed by atoms with Crippen LogP contribution in [0.1, 0.15) is 12.8 Å². The predicted octanol–water partition coefficient (Wildman–Crippen LogP) is 1.83. The smallest absolute Gasteiger partial charge is 0.120 e. The molecule has 0 aromatic heterocycles. The first-order valence-corrected chi connectivity index (χ1v) is 4.46. The minimum atomic E-state index is 0.211. The lowest BCUT2D eigenvalue weighted by atomic mass is 10.3. The largest absolute Gasteiger partial charge is 0.364 e. The summed E-state index contributed by atoms with van der Waals surface area (Å²) in [6, 6.07) is 8.05. The van der Waals surface area contributed by atoms with Crippen LogP contribution in [0.2, 0.25) is 0 Å². The highest BCUT2D eigenvalue weighted by molar-refractivity contribution is 5.74. The van der Waals surface area contributed by atoms with E-state index >= 15 is 0 Å². The van der Waals surface area contributed by atoms with E-state index in [0.717, 1.165) is 24.1 Å². The maximum Gasteiger partial charge on any atom is 0.120 e. The van der Waals surface area contributed by atoms with Gasteiger partial charge in [-0.15, -0.1) is 0 Å². The molecule has 0 aliphatic carbocycles. The molecule has 1 aliphatic rings. The van der Waals surface area contributed by atoms with E-state index in [1.54, 1.807) is 0 Å². The number of aldehydes is 1. The molecule has 0 saturated carbocycles. The summed E-state index contributed by atoms with van der Waals surface area (Å²) in [5.41, 5.74) is 2.25. The Morgan fingerprint density at radius 2 is 1.85 bits per heavy atom. The highest BCUT2D eigenvalue weighted by atomic mass is 16.1. The SMILES string of the molecule is O=CCCC1Nc2ccccc2N1. The molecule has 3 heteroatoms. The van der Waals surface area contributed by atoms with Crippen LogP contribution in [0, 0.1) is 0 Å². The number of carbonyl (C=O) groups excluding carboxylic acids is 1. The highest BCUT2D eigenvalue weighted by Gasteiger charge is 2.17. The molecule has 2 N–H and O–H groups in total. The maximum absolute atomic E-state index is 10.2. The molecule has 0 fully saturated rings. The zero-order valence-corrected chi connectivity index (χ0v) is 7.29. The molecule has 1 aromatic carbocycles. The Morgan fingerprint density at radius 1 is 1.23 bits per heavy atom. The van der Waals surface area contributed by atoms with E-state index in [0.29, 0.717) is 6.42 Å². The van der Waals surface area contributed by atoms with E-state index in [4.69, 9.17) is 0 Å². The Bertz CT molecular complexity index is 287. The summed E-state index contributed by atoms with van der Waals surface area (Å²) in [6.07, 6.45) is 2.59. The summed E-state index contributed by atoms with van der Waals surface area (Å²) in [5.74, 6) is 0. The Balaban J connectivity index is 2.01. The number of para-hydroxylation sites is 2. The zero-order chi connectivity index (χ0) is 9.10. The molecule has 0 spiro atoms. The number of benzene rings is 1. The number of hydrogen-bond acceptors (Lipinski definition) is 3. The van der Waals surface area contributed by atoms with Gasteiger partial charge in [0.05, 0.1) is 17.5 Å². The third kappa shape index (κ3) is 1.64. The van der Waals surface area contributed by atoms with Crippen LogP contribution in [-0.4, -0.2) is 12.5 Å². The Hall–Kier alpha value is -1.51. The number of hydrogen-bond donors (Lipinski definition) is 2. The van der Waals surface area contributed by atoms with Gasteiger partial charge in [-0.3, -0.25) is 0 Å². The van der Waals surface area contributed by atoms with Crippen LogP contribution >= 0.6 is 0 Å². The molecule has 0 atom stereocenters. The monoisotopic (exact) mass is 176 g/mol. The molecule has 0 amide bonds. The summed E-state index contributed by atoms with van der Waals surface area (Å²) < 4.78 is 0. The molecule has 0 unspecified atom stereocenters. The number of nitrogens with one attached hydrogen (secondary N) is 2. The average molecular weight is 176 g/mol. The third-order valence-electron chi connectivity index (χ3n) is 2.16. The van der Waals surface area contributed by atoms with Crippen LogP contribution in [0.3, 0.4) is 0 Å². The molecule has 1 aliphatic heterocycles. The summed E-state index contributed by atoms with van der Waals surface area (Å²) in [5, 5.41) is 6.60. The van der Waals surface area contributed by atoms with E-state index in [1.165, 1.54) is 0 Å². The zero-order valence-electron chi connectivity index (χ0n) is 7.29. The van der Waals surface area contributed by atoms with Crippen LogP contribution in [0.25, 0.3) is 0 Å². The number of rotatable bonds is 3. The molecule has 0 bridgehead atoms. The summed E-state index contributed by atoms with van der Waals surface area (Å²) in [7, 11) is 0. The molecule has 1 heterocycles. The van der Waals surface area contributed by atoms with Crippen molar-refractivity contribution in [1.29, 1.82) is 0 Å². The van der Waals surface area contributed by atoms with Crippen molar-refractivity contribution in [3.63, 3.8) is 0 Å². The van der Waals surface area contributed by atoms with Crippen molar-refractivity contribution in [2.75, 3.05) is 10.6 Å². The van der Waals surface area contributed by atoms with Gasteiger partial charge in [-0.1, -0.05) is 12.1 Å². The molecule has 0 saturated heterocycles. The first kappa shape index (κ1) is 8.10. The fraction of sp³-hybridized carbons (Fsp3) is 0.300. The number of carbonyl (C=O) groups is 1. The highest BCUT2D eigenvalue weighted by Crippen LogP contribution is 2.28. The van der Waals surface area contributed by atoms with Gasteiger partial charge >= 0.3 is 0 Å². The van der Waals surface area contributed by atoms with Crippen LogP contribution < -0.4 is 10.6 Å². The van der Waals surface area contributed by atoms with Crippen LogP contribution in [-0.2, 0) is 4.79 Å². The van der Waals surface area contributed by atoms with E-state index < -0.39 is 0 Å². The van der Waals surface area contributed by atoms with Gasteiger partial charge in [-0.05, 0) is 18.6 Å². The number of anilines is 2. The quantitative estimate of drug-likeness (QED) is 0.690. The van der Waals surface area contributed by atoms with Crippen molar-refractivity contribution in [2.24, 2.45) is 0 Å². The fourth-order valence-corrected chi connectivity index (χ4v) is 1.53. The maximum atomic E-state index is 10.2. The van der Waals surface area contributed by atoms with Gasteiger partial charge in [-0.25, -0.2) is 0 Å². The minimum absolute atomic E-state index is 0.211. The van der Waals surface area contributed by atoms with Crippen molar-refractivity contribution < 1.29 is 4.79 Å². The lowest BCUT2D eigenvalue weighted by Crippen LogP contribution is -2.21. The van der Waals surface area contributed by atoms with Gasteiger partial charge in [0.2, 0.25) is 0 Å². The molecule has 2 rings (SSSR count). The molecular formula is C10H12N2O. The van der Waals surface area contributed by atoms with E-state index in [2.05, 4.69) is 10.6 Å². The van der Waals surface area contributed by atoms with E-state index in [-0.39, 0.29) is 6.17 Å². The van der Waals surface area contributed by atoms with Crippen LogP contribution in [0.15, 0.2) is 24.3 Å². The van der Waals surface area contributed by atoms with Gasteiger partial charge in [0.15, 0.2) is 0 Å². The fourth-order valence-electron chi connectivity index (χ4n) is 1.53. The van der Waals surface area contributed by atoms with E-state index in [9.17, 15) is 4.79 Å². The molecule has 13 heavy (non-hydrogen) atoms. The standard InChI is InChI=1S/C10H12N2O/c13-7-3-6-10-11-8-4-1-2-5-9(8)12-10/h1-2,4-5,7,10-12H,3,6H2. The van der Waals surface area contributed by atoms with Crippen LogP contribution in [0.4, 0.5) is 11.4 Å². The third-order valence-corrected chi connectivity index (χ3v) is 2.16. The molecule has 0 radical (unpaired) electrons. The predicted molar refractivity (Wildman–Crippen MR) is 52.8 cm³/mol. The van der Waals surface area contributed by atoms with E-state index in [1.807, 2.05) is 24.3 Å². The minimum Gasteiger partial charge on any atom is -0.364 e. The summed E-state index contributed by atoms with van der Waals surface area (Å²) in [4.78, 5) is 10.2. The van der Waals surface area contributed by atoms with Gasteiger partial charge in [0.1, 0.15) is 6.29 Å². The lowest BCUT2D eigenvalue weighted by Gasteiger charge is -2.09. The van der Waals surface area contributed by atoms with Crippen molar-refractivity contribution in [3.05, 3.63) is 24.3 Å². The average Bonchev–Trinajstić information content (AvgIpc) is 2.57. The summed E-state index contributed by atoms with van der Waals surface area (Å²) in [6.45, 7) is 0. The Labute approximate surface area is 77.1 Å². The van der Waals surface area contributed by atoms with Crippen molar-refractivity contribution in [2.45, 2.75) is 19.0 Å². The normalized spacial score (nSPS) is 14.5. The van der Waals surface area contributed by atoms with Crippen molar-refractivity contribution >= 4 is 17.7 Å². The van der Waals surface area contributed by atoms with Gasteiger partial charge in [0, 0.05) is 6.42 Å². The lowest BCUT2D eigenvalue weighted by molar-refractivity contribution is -0.107.